The quantitative estimate of drug-likeness (QED) is 0.726. The minimum absolute atomic E-state index is 0.490. The van der Waals surface area contributed by atoms with Gasteiger partial charge in [-0.1, -0.05) is 30.3 Å². The SMILES string of the molecule is O=C1O[C@@H]2[C@H]3O[C@@H](c4ccccc4)O[C@H]3O[C@@H]2[C@@H]1O. The van der Waals surface area contributed by atoms with Crippen molar-refractivity contribution >= 4 is 5.97 Å². The molecular weight excluding hydrogens is 252 g/mol. The van der Waals surface area contributed by atoms with E-state index < -0.39 is 43.0 Å². The number of aliphatic hydroxyl groups excluding tert-OH is 1. The Hall–Kier alpha value is -1.47. The summed E-state index contributed by atoms with van der Waals surface area (Å²) in [7, 11) is 0. The molecule has 0 amide bonds. The summed E-state index contributed by atoms with van der Waals surface area (Å²) in [5.41, 5.74) is 0.877. The Kier molecular flexibility index (Phi) is 2.40. The molecule has 3 aliphatic rings. The number of hydrogen-bond donors (Lipinski definition) is 1. The highest BCUT2D eigenvalue weighted by Gasteiger charge is 2.61. The Morgan fingerprint density at radius 3 is 2.53 bits per heavy atom. The Balaban J connectivity index is 1.54. The summed E-state index contributed by atoms with van der Waals surface area (Å²) in [5.74, 6) is -0.666. The fourth-order valence-electron chi connectivity index (χ4n) is 2.69. The maximum Gasteiger partial charge on any atom is 0.338 e. The van der Waals surface area contributed by atoms with Crippen LogP contribution in [0.1, 0.15) is 11.9 Å². The average molecular weight is 264 g/mol. The molecule has 0 radical (unpaired) electrons. The van der Waals surface area contributed by atoms with Crippen molar-refractivity contribution in [1.29, 1.82) is 0 Å². The van der Waals surface area contributed by atoms with Crippen molar-refractivity contribution in [3.8, 4) is 0 Å². The van der Waals surface area contributed by atoms with Gasteiger partial charge in [0, 0.05) is 5.56 Å². The van der Waals surface area contributed by atoms with Crippen LogP contribution in [0, 0.1) is 0 Å². The Labute approximate surface area is 108 Å². The second-order valence-electron chi connectivity index (χ2n) is 4.79. The fourth-order valence-corrected chi connectivity index (χ4v) is 2.69. The van der Waals surface area contributed by atoms with Crippen LogP contribution in [0.25, 0.3) is 0 Å². The van der Waals surface area contributed by atoms with E-state index in [0.717, 1.165) is 5.56 Å². The summed E-state index contributed by atoms with van der Waals surface area (Å²) in [6.45, 7) is 0. The molecular formula is C13H12O6. The number of carbonyl (C=O) groups excluding carboxylic acids is 1. The number of rotatable bonds is 1. The predicted octanol–water partition coefficient (Wildman–Crippen LogP) is 0.112. The van der Waals surface area contributed by atoms with Crippen molar-refractivity contribution in [3.05, 3.63) is 35.9 Å². The van der Waals surface area contributed by atoms with Crippen LogP contribution < -0.4 is 0 Å². The van der Waals surface area contributed by atoms with Crippen molar-refractivity contribution in [3.63, 3.8) is 0 Å². The number of hydrogen-bond acceptors (Lipinski definition) is 6. The largest absolute Gasteiger partial charge is 0.454 e. The first-order chi connectivity index (χ1) is 9.24. The lowest BCUT2D eigenvalue weighted by Crippen LogP contribution is -2.32. The van der Waals surface area contributed by atoms with E-state index in [-0.39, 0.29) is 0 Å². The monoisotopic (exact) mass is 264 g/mol. The molecule has 0 bridgehead atoms. The molecule has 6 nitrogen and oxygen atoms in total. The van der Waals surface area contributed by atoms with Crippen LogP contribution in [0.5, 0.6) is 0 Å². The molecule has 4 rings (SSSR count). The molecule has 6 atom stereocenters. The molecule has 100 valence electrons. The minimum atomic E-state index is -1.25. The highest BCUT2D eigenvalue weighted by Crippen LogP contribution is 2.43. The molecule has 0 spiro atoms. The molecule has 0 aliphatic carbocycles. The third-order valence-corrected chi connectivity index (χ3v) is 3.62. The Morgan fingerprint density at radius 1 is 0.947 bits per heavy atom. The van der Waals surface area contributed by atoms with Crippen LogP contribution >= 0.6 is 0 Å². The maximum absolute atomic E-state index is 11.3. The number of esters is 1. The molecule has 19 heavy (non-hydrogen) atoms. The van der Waals surface area contributed by atoms with E-state index >= 15 is 0 Å². The first-order valence-electron chi connectivity index (χ1n) is 6.14. The third-order valence-electron chi connectivity index (χ3n) is 3.62. The lowest BCUT2D eigenvalue weighted by atomic mass is 10.1. The van der Waals surface area contributed by atoms with E-state index in [9.17, 15) is 9.90 Å². The maximum atomic E-state index is 11.3. The van der Waals surface area contributed by atoms with E-state index in [0.29, 0.717) is 0 Å². The van der Waals surface area contributed by atoms with Crippen LogP contribution in [0.4, 0.5) is 0 Å². The van der Waals surface area contributed by atoms with E-state index in [2.05, 4.69) is 0 Å². The van der Waals surface area contributed by atoms with Gasteiger partial charge in [-0.15, -0.1) is 0 Å². The van der Waals surface area contributed by atoms with Gasteiger partial charge in [0.25, 0.3) is 0 Å². The molecule has 0 saturated carbocycles. The minimum Gasteiger partial charge on any atom is -0.454 e. The van der Waals surface area contributed by atoms with E-state index in [1.807, 2.05) is 30.3 Å². The molecule has 3 heterocycles. The second-order valence-corrected chi connectivity index (χ2v) is 4.79. The molecule has 1 aromatic rings. The van der Waals surface area contributed by atoms with Crippen LogP contribution in [0.2, 0.25) is 0 Å². The molecule has 6 heteroatoms. The predicted molar refractivity (Wildman–Crippen MR) is 59.7 cm³/mol. The number of benzene rings is 1. The lowest BCUT2D eigenvalue weighted by Gasteiger charge is -2.16. The van der Waals surface area contributed by atoms with Crippen molar-refractivity contribution in [2.24, 2.45) is 0 Å². The van der Waals surface area contributed by atoms with Crippen LogP contribution in [0.3, 0.4) is 0 Å². The fraction of sp³-hybridized carbons (Fsp3) is 0.462. The van der Waals surface area contributed by atoms with E-state index in [1.54, 1.807) is 0 Å². The smallest absolute Gasteiger partial charge is 0.338 e. The highest BCUT2D eigenvalue weighted by atomic mass is 16.8. The van der Waals surface area contributed by atoms with Crippen LogP contribution in [0.15, 0.2) is 30.3 Å². The van der Waals surface area contributed by atoms with Crippen LogP contribution in [-0.4, -0.2) is 41.8 Å². The van der Waals surface area contributed by atoms with Gasteiger partial charge in [-0.05, 0) is 0 Å². The van der Waals surface area contributed by atoms with Crippen LogP contribution in [-0.2, 0) is 23.7 Å². The van der Waals surface area contributed by atoms with Gasteiger partial charge in [0.05, 0.1) is 0 Å². The number of ether oxygens (including phenoxy) is 4. The topological polar surface area (TPSA) is 74.2 Å². The lowest BCUT2D eigenvalue weighted by molar-refractivity contribution is -0.173. The zero-order chi connectivity index (χ0) is 13.0. The number of carbonyl (C=O) groups is 1. The van der Waals surface area contributed by atoms with Gasteiger partial charge >= 0.3 is 5.97 Å². The molecule has 0 unspecified atom stereocenters. The molecule has 3 aliphatic heterocycles. The zero-order valence-electron chi connectivity index (χ0n) is 9.84. The third kappa shape index (κ3) is 1.61. The van der Waals surface area contributed by atoms with Gasteiger partial charge < -0.3 is 24.1 Å². The second kappa shape index (κ2) is 4.01. The highest BCUT2D eigenvalue weighted by molar-refractivity contribution is 5.78. The molecule has 0 aromatic heterocycles. The zero-order valence-corrected chi connectivity index (χ0v) is 9.84. The van der Waals surface area contributed by atoms with Gasteiger partial charge in [0.1, 0.15) is 6.10 Å². The summed E-state index contributed by atoms with van der Waals surface area (Å²) in [6.07, 6.45) is -4.17. The van der Waals surface area contributed by atoms with E-state index in [4.69, 9.17) is 18.9 Å². The van der Waals surface area contributed by atoms with Gasteiger partial charge in [-0.2, -0.15) is 0 Å². The van der Waals surface area contributed by atoms with Gasteiger partial charge in [0.15, 0.2) is 30.9 Å². The van der Waals surface area contributed by atoms with Crippen molar-refractivity contribution < 1.29 is 28.8 Å². The molecule has 1 aromatic carbocycles. The summed E-state index contributed by atoms with van der Waals surface area (Å²) in [5, 5.41) is 9.60. The van der Waals surface area contributed by atoms with Crippen molar-refractivity contribution in [1.82, 2.24) is 0 Å². The Morgan fingerprint density at radius 2 is 1.74 bits per heavy atom. The standard InChI is InChI=1S/C13H12O6/c14-7-8-9(16-11(7)15)10-13(17-8)19-12(18-10)6-4-2-1-3-5-6/h1-5,7-10,12-14H/t7-,8+,9-,10+,12+,13+/m0/s1. The molecule has 1 N–H and O–H groups in total. The first kappa shape index (κ1) is 11.4. The number of aliphatic hydroxyl groups is 1. The molecule has 3 saturated heterocycles. The van der Waals surface area contributed by atoms with Gasteiger partial charge in [-0.25, -0.2) is 4.79 Å². The van der Waals surface area contributed by atoms with Crippen molar-refractivity contribution in [2.45, 2.75) is 37.0 Å². The Bertz CT molecular complexity index is 503. The van der Waals surface area contributed by atoms with Gasteiger partial charge in [-0.3, -0.25) is 0 Å². The average Bonchev–Trinajstić information content (AvgIpc) is 3.05. The summed E-state index contributed by atoms with van der Waals surface area (Å²) in [6, 6.07) is 9.46. The van der Waals surface area contributed by atoms with Crippen molar-refractivity contribution in [2.75, 3.05) is 0 Å². The first-order valence-corrected chi connectivity index (χ1v) is 6.14. The normalized spacial score (nSPS) is 43.9. The molecule has 3 fully saturated rings. The van der Waals surface area contributed by atoms with Gasteiger partial charge in [0.2, 0.25) is 0 Å². The number of fused-ring (bicyclic) bond motifs is 3. The summed E-state index contributed by atoms with van der Waals surface area (Å²) >= 11 is 0. The summed E-state index contributed by atoms with van der Waals surface area (Å²) in [4.78, 5) is 11.3. The van der Waals surface area contributed by atoms with E-state index in [1.165, 1.54) is 0 Å². The summed E-state index contributed by atoms with van der Waals surface area (Å²) < 4.78 is 22.0.